The lowest BCUT2D eigenvalue weighted by atomic mass is 9.94. The van der Waals surface area contributed by atoms with Gasteiger partial charge in [0.05, 0.1) is 0 Å². The number of carbonyl (C=O) groups is 1. The van der Waals surface area contributed by atoms with Crippen LogP contribution in [0.4, 0.5) is 10.1 Å². The molecule has 1 aromatic carbocycles. The van der Waals surface area contributed by atoms with Gasteiger partial charge in [-0.3, -0.25) is 9.78 Å². The Morgan fingerprint density at radius 1 is 1.26 bits per heavy atom. The maximum atomic E-state index is 14.0. The number of nitrogens with zero attached hydrogens (tertiary/aromatic N) is 2. The quantitative estimate of drug-likeness (QED) is 0.824. The highest BCUT2D eigenvalue weighted by molar-refractivity contribution is 5.95. The first-order valence-electron chi connectivity index (χ1n) is 7.21. The Balaban J connectivity index is 2.45. The van der Waals surface area contributed by atoms with Gasteiger partial charge in [-0.05, 0) is 12.1 Å². The number of nitrogens with one attached hydrogen (secondary N) is 2. The summed E-state index contributed by atoms with van der Waals surface area (Å²) in [7, 11) is 0. The predicted octanol–water partition coefficient (Wildman–Crippen LogP) is 4.33. The van der Waals surface area contributed by atoms with Gasteiger partial charge in [-0.1, -0.05) is 39.0 Å². The van der Waals surface area contributed by atoms with Crippen molar-refractivity contribution in [2.24, 2.45) is 10.5 Å². The maximum Gasteiger partial charge on any atom is 0.229 e. The zero-order chi connectivity index (χ0) is 17.0. The van der Waals surface area contributed by atoms with Crippen LogP contribution in [0.25, 0.3) is 0 Å². The Morgan fingerprint density at radius 2 is 1.96 bits per heavy atom. The molecule has 0 fully saturated rings. The van der Waals surface area contributed by atoms with Crippen LogP contribution in [0.3, 0.4) is 0 Å². The van der Waals surface area contributed by atoms with Crippen LogP contribution < -0.4 is 5.32 Å². The van der Waals surface area contributed by atoms with E-state index in [0.717, 1.165) is 0 Å². The molecule has 2 aromatic rings. The van der Waals surface area contributed by atoms with Crippen molar-refractivity contribution < 1.29 is 9.18 Å². The van der Waals surface area contributed by atoms with Crippen LogP contribution >= 0.6 is 0 Å². The standard InChI is InChI=1S/C17H19FN4O/c1-17(2,3)16(23)21-14-8-9-20-10-12(14)15(22-19)11-6-4-5-7-13(11)18/h4-10,15,19H,1-3H3,(H,20,21,23). The van der Waals surface area contributed by atoms with Gasteiger partial charge in [0.2, 0.25) is 5.91 Å². The molecule has 0 saturated carbocycles. The summed E-state index contributed by atoms with van der Waals surface area (Å²) < 4.78 is 14.0. The van der Waals surface area contributed by atoms with Crippen molar-refractivity contribution in [3.05, 3.63) is 59.7 Å². The highest BCUT2D eigenvalue weighted by Gasteiger charge is 2.25. The van der Waals surface area contributed by atoms with E-state index in [4.69, 9.17) is 5.53 Å². The minimum absolute atomic E-state index is 0.179. The monoisotopic (exact) mass is 314 g/mol. The zero-order valence-electron chi connectivity index (χ0n) is 13.3. The van der Waals surface area contributed by atoms with E-state index >= 15 is 0 Å². The Bertz CT molecular complexity index is 725. The molecule has 0 saturated heterocycles. The lowest BCUT2D eigenvalue weighted by Crippen LogP contribution is -2.28. The fraction of sp³-hybridized carbons (Fsp3) is 0.294. The number of halogens is 1. The second-order valence-corrected chi connectivity index (χ2v) is 6.22. The maximum absolute atomic E-state index is 14.0. The molecule has 5 nitrogen and oxygen atoms in total. The van der Waals surface area contributed by atoms with Gasteiger partial charge in [-0.25, -0.2) is 9.92 Å². The topological polar surface area (TPSA) is 78.2 Å². The van der Waals surface area contributed by atoms with Gasteiger partial charge < -0.3 is 5.32 Å². The Kier molecular flexibility index (Phi) is 4.83. The van der Waals surface area contributed by atoms with Crippen molar-refractivity contribution in [1.82, 2.24) is 4.98 Å². The molecule has 2 rings (SSSR count). The molecule has 1 aromatic heterocycles. The number of pyridine rings is 1. The van der Waals surface area contributed by atoms with Crippen molar-refractivity contribution in [2.75, 3.05) is 5.32 Å². The highest BCUT2D eigenvalue weighted by atomic mass is 19.1. The molecular weight excluding hydrogens is 295 g/mol. The lowest BCUT2D eigenvalue weighted by Gasteiger charge is -2.21. The molecule has 1 atom stereocenters. The molecule has 1 amide bonds. The molecule has 0 aliphatic rings. The van der Waals surface area contributed by atoms with E-state index < -0.39 is 17.3 Å². The van der Waals surface area contributed by atoms with Crippen LogP contribution in [-0.4, -0.2) is 10.9 Å². The van der Waals surface area contributed by atoms with Crippen LogP contribution in [0.15, 0.2) is 47.8 Å². The molecular formula is C17H19FN4O. The second kappa shape index (κ2) is 6.64. The summed E-state index contributed by atoms with van der Waals surface area (Å²) in [5.41, 5.74) is 8.09. The first kappa shape index (κ1) is 16.7. The summed E-state index contributed by atoms with van der Waals surface area (Å²) in [4.78, 5) is 16.2. The molecule has 120 valence electrons. The fourth-order valence-electron chi connectivity index (χ4n) is 2.05. The van der Waals surface area contributed by atoms with Crippen LogP contribution in [0, 0.1) is 16.8 Å². The number of carbonyl (C=O) groups excluding carboxylic acids is 1. The summed E-state index contributed by atoms with van der Waals surface area (Å²) in [5, 5.41) is 6.35. The van der Waals surface area contributed by atoms with Gasteiger partial charge in [0.25, 0.3) is 0 Å². The Hall–Kier alpha value is -2.63. The predicted molar refractivity (Wildman–Crippen MR) is 85.7 cm³/mol. The van der Waals surface area contributed by atoms with Crippen molar-refractivity contribution in [3.63, 3.8) is 0 Å². The largest absolute Gasteiger partial charge is 0.325 e. The van der Waals surface area contributed by atoms with Crippen LogP contribution in [0.2, 0.25) is 0 Å². The van der Waals surface area contributed by atoms with E-state index in [-0.39, 0.29) is 11.5 Å². The van der Waals surface area contributed by atoms with Crippen LogP contribution in [0.5, 0.6) is 0 Å². The molecule has 1 heterocycles. The van der Waals surface area contributed by atoms with Crippen LogP contribution in [-0.2, 0) is 4.79 Å². The van der Waals surface area contributed by atoms with Crippen molar-refractivity contribution in [3.8, 4) is 0 Å². The number of aromatic nitrogens is 1. The molecule has 0 radical (unpaired) electrons. The fourth-order valence-corrected chi connectivity index (χ4v) is 2.05. The van der Waals surface area contributed by atoms with E-state index in [1.807, 2.05) is 0 Å². The summed E-state index contributed by atoms with van der Waals surface area (Å²) in [6, 6.07) is 6.90. The Labute approximate surface area is 134 Å². The molecule has 0 aliphatic heterocycles. The summed E-state index contributed by atoms with van der Waals surface area (Å²) in [5.74, 6) is -0.632. The summed E-state index contributed by atoms with van der Waals surface area (Å²) in [6.45, 7) is 5.39. The van der Waals surface area contributed by atoms with Crippen molar-refractivity contribution in [2.45, 2.75) is 26.8 Å². The van der Waals surface area contributed by atoms with Gasteiger partial charge in [-0.2, -0.15) is 5.11 Å². The van der Waals surface area contributed by atoms with E-state index in [9.17, 15) is 9.18 Å². The molecule has 23 heavy (non-hydrogen) atoms. The highest BCUT2D eigenvalue weighted by Crippen LogP contribution is 2.33. The molecule has 2 N–H and O–H groups in total. The number of rotatable bonds is 4. The molecule has 0 bridgehead atoms. The van der Waals surface area contributed by atoms with Crippen molar-refractivity contribution >= 4 is 11.6 Å². The SMILES string of the molecule is CC(C)(C)C(=O)Nc1ccncc1C(N=N)c1ccccc1F. The Morgan fingerprint density at radius 3 is 2.57 bits per heavy atom. The van der Waals surface area contributed by atoms with E-state index in [0.29, 0.717) is 11.3 Å². The number of hydrogen-bond donors (Lipinski definition) is 2. The van der Waals surface area contributed by atoms with Gasteiger partial charge in [-0.15, -0.1) is 0 Å². The average molecular weight is 314 g/mol. The minimum Gasteiger partial charge on any atom is -0.325 e. The minimum atomic E-state index is -0.861. The zero-order valence-corrected chi connectivity index (χ0v) is 13.3. The lowest BCUT2D eigenvalue weighted by molar-refractivity contribution is -0.123. The third kappa shape index (κ3) is 3.77. The first-order chi connectivity index (χ1) is 10.8. The van der Waals surface area contributed by atoms with Crippen LogP contribution in [0.1, 0.15) is 37.9 Å². The third-order valence-corrected chi connectivity index (χ3v) is 3.40. The third-order valence-electron chi connectivity index (χ3n) is 3.40. The molecule has 0 spiro atoms. The molecule has 6 heteroatoms. The average Bonchev–Trinajstić information content (AvgIpc) is 2.50. The summed E-state index contributed by atoms with van der Waals surface area (Å²) >= 11 is 0. The smallest absolute Gasteiger partial charge is 0.229 e. The van der Waals surface area contributed by atoms with Crippen molar-refractivity contribution in [1.29, 1.82) is 5.53 Å². The number of hydrogen-bond acceptors (Lipinski definition) is 4. The first-order valence-corrected chi connectivity index (χ1v) is 7.21. The van der Waals surface area contributed by atoms with E-state index in [2.05, 4.69) is 15.4 Å². The van der Waals surface area contributed by atoms with Gasteiger partial charge >= 0.3 is 0 Å². The van der Waals surface area contributed by atoms with E-state index in [1.165, 1.54) is 18.5 Å². The van der Waals surface area contributed by atoms with E-state index in [1.54, 1.807) is 45.0 Å². The number of amides is 1. The van der Waals surface area contributed by atoms with Gasteiger partial charge in [0, 0.05) is 34.6 Å². The van der Waals surface area contributed by atoms with Gasteiger partial charge in [0.15, 0.2) is 0 Å². The number of anilines is 1. The molecule has 0 aliphatic carbocycles. The summed E-state index contributed by atoms with van der Waals surface area (Å²) in [6.07, 6.45) is 3.03. The number of benzene rings is 1. The normalized spacial score (nSPS) is 12.5. The van der Waals surface area contributed by atoms with Gasteiger partial charge in [0.1, 0.15) is 11.9 Å². The molecule has 1 unspecified atom stereocenters. The second-order valence-electron chi connectivity index (χ2n) is 6.22.